The van der Waals surface area contributed by atoms with Crippen LogP contribution >= 0.6 is 11.8 Å². The van der Waals surface area contributed by atoms with Gasteiger partial charge in [-0.05, 0) is 29.6 Å². The van der Waals surface area contributed by atoms with E-state index in [2.05, 4.69) is 25.9 Å². The molecule has 3 aromatic rings. The number of hydrogen-bond donors (Lipinski definition) is 6. The third-order valence-electron chi connectivity index (χ3n) is 6.39. The van der Waals surface area contributed by atoms with Crippen LogP contribution in [-0.2, 0) is 38.4 Å². The van der Waals surface area contributed by atoms with Gasteiger partial charge in [0, 0.05) is 31.2 Å². The molecule has 11 nitrogen and oxygen atoms in total. The highest BCUT2D eigenvalue weighted by atomic mass is 32.2. The van der Waals surface area contributed by atoms with Gasteiger partial charge in [-0.1, -0.05) is 60.7 Å². The molecular formula is C29H36N6O5S. The third kappa shape index (κ3) is 10.4. The summed E-state index contributed by atoms with van der Waals surface area (Å²) in [5, 5.41) is 17.8. The minimum absolute atomic E-state index is 0.0779. The van der Waals surface area contributed by atoms with Crippen molar-refractivity contribution in [2.75, 3.05) is 12.0 Å². The number of nitrogens with zero attached hydrogens (tertiary/aromatic N) is 1. The zero-order valence-electron chi connectivity index (χ0n) is 22.8. The van der Waals surface area contributed by atoms with Crippen molar-refractivity contribution in [2.45, 2.75) is 49.9 Å². The maximum absolute atomic E-state index is 13.5. The Bertz CT molecular complexity index is 1260. The topological polar surface area (TPSA) is 179 Å². The highest BCUT2D eigenvalue weighted by molar-refractivity contribution is 7.98. The molecule has 3 amide bonds. The molecule has 0 spiro atoms. The van der Waals surface area contributed by atoms with E-state index in [0.717, 1.165) is 11.1 Å². The number of hydrogen-bond acceptors (Lipinski definition) is 7. The molecule has 12 heteroatoms. The van der Waals surface area contributed by atoms with Gasteiger partial charge in [0.1, 0.15) is 18.1 Å². The van der Waals surface area contributed by atoms with Crippen molar-refractivity contribution in [3.63, 3.8) is 0 Å². The lowest BCUT2D eigenvalue weighted by atomic mass is 10.0. The first-order valence-corrected chi connectivity index (χ1v) is 14.6. The largest absolute Gasteiger partial charge is 0.480 e. The number of aliphatic carboxylic acids is 1. The molecule has 0 bridgehead atoms. The van der Waals surface area contributed by atoms with Crippen LogP contribution in [0.15, 0.2) is 73.2 Å². The number of benzene rings is 2. The van der Waals surface area contributed by atoms with Gasteiger partial charge in [0.05, 0.1) is 12.4 Å². The number of thioether (sulfide) groups is 1. The van der Waals surface area contributed by atoms with Crippen LogP contribution in [-0.4, -0.2) is 74.9 Å². The van der Waals surface area contributed by atoms with Crippen LogP contribution in [0.25, 0.3) is 0 Å². The van der Waals surface area contributed by atoms with Gasteiger partial charge in [-0.3, -0.25) is 14.4 Å². The fourth-order valence-corrected chi connectivity index (χ4v) is 4.63. The van der Waals surface area contributed by atoms with E-state index in [1.807, 2.05) is 42.7 Å². The number of carboxylic acids is 1. The van der Waals surface area contributed by atoms with E-state index in [1.165, 1.54) is 18.1 Å². The molecule has 218 valence electrons. The predicted molar refractivity (Wildman–Crippen MR) is 157 cm³/mol. The minimum Gasteiger partial charge on any atom is -0.480 e. The number of imidazole rings is 1. The summed E-state index contributed by atoms with van der Waals surface area (Å²) in [6, 6.07) is 13.9. The summed E-state index contributed by atoms with van der Waals surface area (Å²) in [6.45, 7) is 0. The summed E-state index contributed by atoms with van der Waals surface area (Å²) in [5.41, 5.74) is 8.27. The van der Waals surface area contributed by atoms with Gasteiger partial charge in [-0.25, -0.2) is 9.78 Å². The third-order valence-corrected chi connectivity index (χ3v) is 7.03. The zero-order valence-corrected chi connectivity index (χ0v) is 23.6. The number of aromatic amines is 1. The summed E-state index contributed by atoms with van der Waals surface area (Å²) in [6.07, 6.45) is 5.65. The molecule has 1 aromatic heterocycles. The Kier molecular flexibility index (Phi) is 12.4. The molecule has 4 atom stereocenters. The molecule has 0 aliphatic carbocycles. The smallest absolute Gasteiger partial charge is 0.326 e. The molecule has 2 aromatic carbocycles. The summed E-state index contributed by atoms with van der Waals surface area (Å²) < 4.78 is 0. The number of carboxylic acid groups (broad SMARTS) is 1. The second-order valence-electron chi connectivity index (χ2n) is 9.57. The molecule has 0 aliphatic heterocycles. The lowest BCUT2D eigenvalue weighted by Crippen LogP contribution is -2.58. The monoisotopic (exact) mass is 580 g/mol. The Labute approximate surface area is 243 Å². The lowest BCUT2D eigenvalue weighted by Gasteiger charge is -2.25. The second kappa shape index (κ2) is 16.2. The Balaban J connectivity index is 1.75. The van der Waals surface area contributed by atoms with E-state index < -0.39 is 47.9 Å². The number of carbonyl (C=O) groups is 4. The molecule has 0 aliphatic rings. The van der Waals surface area contributed by atoms with E-state index in [0.29, 0.717) is 17.9 Å². The summed E-state index contributed by atoms with van der Waals surface area (Å²) in [5.74, 6) is -2.34. The van der Waals surface area contributed by atoms with E-state index >= 15 is 0 Å². The predicted octanol–water partition coefficient (Wildman–Crippen LogP) is 1.06. The number of nitrogens with one attached hydrogen (secondary N) is 4. The van der Waals surface area contributed by atoms with Crippen LogP contribution in [0, 0.1) is 0 Å². The van der Waals surface area contributed by atoms with Gasteiger partial charge in [0.25, 0.3) is 0 Å². The standard InChI is InChI=1S/C29H36N6O5S/c1-41-13-12-23(33-26(36)22(30)16-21-17-31-18-32-21)27(37)34-24(14-19-8-4-2-5-9-19)28(38)35-25(29(39)40)15-20-10-6-3-7-11-20/h2-11,17-18,22-25H,12-16,30H2,1H3,(H,31,32)(H,33,36)(H,34,37)(H,35,38)(H,39,40)/t22-,23-,24-,25-/m0/s1. The summed E-state index contributed by atoms with van der Waals surface area (Å²) >= 11 is 1.51. The molecule has 41 heavy (non-hydrogen) atoms. The van der Waals surface area contributed by atoms with Gasteiger partial charge in [0.2, 0.25) is 17.7 Å². The zero-order chi connectivity index (χ0) is 29.6. The van der Waals surface area contributed by atoms with E-state index in [9.17, 15) is 24.3 Å². The van der Waals surface area contributed by atoms with Crippen LogP contribution in [0.2, 0.25) is 0 Å². The molecule has 1 heterocycles. The van der Waals surface area contributed by atoms with Gasteiger partial charge >= 0.3 is 5.97 Å². The Morgan fingerprint density at radius 1 is 0.829 bits per heavy atom. The number of amides is 3. The number of carbonyl (C=O) groups excluding carboxylic acids is 3. The Hall–Kier alpha value is -4.16. The number of aromatic nitrogens is 2. The van der Waals surface area contributed by atoms with Crippen molar-refractivity contribution in [1.82, 2.24) is 25.9 Å². The van der Waals surface area contributed by atoms with Crippen LogP contribution in [0.4, 0.5) is 0 Å². The average Bonchev–Trinajstić information content (AvgIpc) is 3.48. The molecular weight excluding hydrogens is 544 g/mol. The molecule has 0 saturated carbocycles. The van der Waals surface area contributed by atoms with E-state index in [4.69, 9.17) is 5.73 Å². The SMILES string of the molecule is CSCC[C@H](NC(=O)[C@@H](N)Cc1cnc[nH]1)C(=O)N[C@@H](Cc1ccccc1)C(=O)N[C@@H](Cc1ccccc1)C(=O)O. The number of nitrogens with two attached hydrogens (primary N) is 1. The normalized spacial score (nSPS) is 13.8. The van der Waals surface area contributed by atoms with Crippen molar-refractivity contribution < 1.29 is 24.3 Å². The first kappa shape index (κ1) is 31.4. The quantitative estimate of drug-likeness (QED) is 0.146. The highest BCUT2D eigenvalue weighted by Crippen LogP contribution is 2.09. The first-order valence-electron chi connectivity index (χ1n) is 13.2. The van der Waals surface area contributed by atoms with Crippen LogP contribution in [0.5, 0.6) is 0 Å². The molecule has 0 radical (unpaired) electrons. The van der Waals surface area contributed by atoms with E-state index in [-0.39, 0.29) is 19.3 Å². The maximum atomic E-state index is 13.5. The van der Waals surface area contributed by atoms with Crippen LogP contribution in [0.1, 0.15) is 23.2 Å². The fourth-order valence-electron chi connectivity index (χ4n) is 4.16. The second-order valence-corrected chi connectivity index (χ2v) is 10.6. The molecule has 7 N–H and O–H groups in total. The molecule has 3 rings (SSSR count). The summed E-state index contributed by atoms with van der Waals surface area (Å²) in [7, 11) is 0. The minimum atomic E-state index is -1.20. The van der Waals surface area contributed by atoms with Crippen molar-refractivity contribution in [3.05, 3.63) is 90.0 Å². The number of rotatable bonds is 16. The molecule has 0 saturated heterocycles. The Morgan fingerprint density at radius 2 is 1.37 bits per heavy atom. The number of H-pyrrole nitrogens is 1. The van der Waals surface area contributed by atoms with Crippen molar-refractivity contribution in [1.29, 1.82) is 0 Å². The molecule has 0 fully saturated rings. The van der Waals surface area contributed by atoms with E-state index in [1.54, 1.807) is 30.5 Å². The van der Waals surface area contributed by atoms with Crippen LogP contribution in [0.3, 0.4) is 0 Å². The Morgan fingerprint density at radius 3 is 1.90 bits per heavy atom. The first-order chi connectivity index (χ1) is 19.8. The van der Waals surface area contributed by atoms with Crippen LogP contribution < -0.4 is 21.7 Å². The maximum Gasteiger partial charge on any atom is 0.326 e. The fraction of sp³-hybridized carbons (Fsp3) is 0.345. The van der Waals surface area contributed by atoms with Gasteiger partial charge in [0.15, 0.2) is 0 Å². The van der Waals surface area contributed by atoms with Crippen molar-refractivity contribution >= 4 is 35.5 Å². The van der Waals surface area contributed by atoms with Gasteiger partial charge in [-0.15, -0.1) is 0 Å². The highest BCUT2D eigenvalue weighted by Gasteiger charge is 2.30. The van der Waals surface area contributed by atoms with Gasteiger partial charge in [-0.2, -0.15) is 11.8 Å². The summed E-state index contributed by atoms with van der Waals surface area (Å²) in [4.78, 5) is 58.5. The average molecular weight is 581 g/mol. The van der Waals surface area contributed by atoms with Crippen molar-refractivity contribution in [3.8, 4) is 0 Å². The van der Waals surface area contributed by atoms with Crippen molar-refractivity contribution in [2.24, 2.45) is 5.73 Å². The molecule has 0 unspecified atom stereocenters. The lowest BCUT2D eigenvalue weighted by molar-refractivity contribution is -0.142. The van der Waals surface area contributed by atoms with Gasteiger partial charge < -0.3 is 31.8 Å².